The second kappa shape index (κ2) is 8.50. The highest BCUT2D eigenvalue weighted by Gasteiger charge is 2.27. The average Bonchev–Trinajstić information content (AvgIpc) is 3.13. The quantitative estimate of drug-likeness (QED) is 0.480. The molecule has 0 radical (unpaired) electrons. The van der Waals surface area contributed by atoms with Crippen LogP contribution in [0.25, 0.3) is 11.6 Å². The molecule has 0 saturated carbocycles. The van der Waals surface area contributed by atoms with E-state index < -0.39 is 0 Å². The summed E-state index contributed by atoms with van der Waals surface area (Å²) in [5.41, 5.74) is 3.88. The zero-order chi connectivity index (χ0) is 20.2. The molecule has 148 valence electrons. The van der Waals surface area contributed by atoms with Gasteiger partial charge < -0.3 is 14.2 Å². The van der Waals surface area contributed by atoms with Crippen LogP contribution in [-0.2, 0) is 24.3 Å². The number of amides is 1. The average molecular weight is 386 g/mol. The van der Waals surface area contributed by atoms with Crippen LogP contribution < -0.4 is 0 Å². The lowest BCUT2D eigenvalue weighted by Crippen LogP contribution is -2.36. The van der Waals surface area contributed by atoms with Gasteiger partial charge in [0.05, 0.1) is 13.1 Å². The molecule has 0 atom stereocenters. The van der Waals surface area contributed by atoms with E-state index in [1.165, 1.54) is 5.56 Å². The van der Waals surface area contributed by atoms with Crippen LogP contribution in [-0.4, -0.2) is 36.3 Å². The standard InChI is InChI=1S/C25H26N2O2/c1-26(2)17-22-16-21-13-14-27(18-24(21)29-22)25(28)23(20-11-7-4-8-12-20)15-19-9-5-3-6-10-19/h3-12,15-16H,13-14,17-18H2,1-2H3/b23-15+. The molecule has 0 spiro atoms. The fourth-order valence-electron chi connectivity index (χ4n) is 3.72. The minimum atomic E-state index is 0.0382. The molecule has 2 aromatic carbocycles. The molecule has 29 heavy (non-hydrogen) atoms. The number of carbonyl (C=O) groups is 1. The van der Waals surface area contributed by atoms with Crippen molar-refractivity contribution in [3.63, 3.8) is 0 Å². The van der Waals surface area contributed by atoms with Crippen LogP contribution >= 0.6 is 0 Å². The molecule has 0 fully saturated rings. The second-order valence-electron chi connectivity index (χ2n) is 7.71. The Morgan fingerprint density at radius 2 is 1.76 bits per heavy atom. The molecular weight excluding hydrogens is 360 g/mol. The minimum Gasteiger partial charge on any atom is -0.463 e. The van der Waals surface area contributed by atoms with Crippen LogP contribution in [0.2, 0.25) is 0 Å². The fraction of sp³-hybridized carbons (Fsp3) is 0.240. The lowest BCUT2D eigenvalue weighted by Gasteiger charge is -2.27. The van der Waals surface area contributed by atoms with Crippen molar-refractivity contribution in [2.24, 2.45) is 0 Å². The summed E-state index contributed by atoms with van der Waals surface area (Å²) in [5.74, 6) is 1.90. The van der Waals surface area contributed by atoms with Crippen LogP contribution in [0.3, 0.4) is 0 Å². The van der Waals surface area contributed by atoms with Crippen molar-refractivity contribution in [2.75, 3.05) is 20.6 Å². The van der Waals surface area contributed by atoms with E-state index in [1.807, 2.05) is 85.7 Å². The first-order valence-electron chi connectivity index (χ1n) is 9.97. The third kappa shape index (κ3) is 4.49. The third-order valence-corrected chi connectivity index (χ3v) is 5.12. The largest absolute Gasteiger partial charge is 0.463 e. The van der Waals surface area contributed by atoms with E-state index in [2.05, 4.69) is 11.0 Å². The van der Waals surface area contributed by atoms with Crippen molar-refractivity contribution in [3.8, 4) is 0 Å². The summed E-state index contributed by atoms with van der Waals surface area (Å²) < 4.78 is 6.05. The number of furan rings is 1. The topological polar surface area (TPSA) is 36.7 Å². The predicted molar refractivity (Wildman–Crippen MR) is 116 cm³/mol. The van der Waals surface area contributed by atoms with E-state index >= 15 is 0 Å². The molecule has 1 aliphatic heterocycles. The highest BCUT2D eigenvalue weighted by atomic mass is 16.3. The maximum Gasteiger partial charge on any atom is 0.254 e. The Balaban J connectivity index is 1.62. The lowest BCUT2D eigenvalue weighted by molar-refractivity contribution is -0.126. The van der Waals surface area contributed by atoms with Gasteiger partial charge >= 0.3 is 0 Å². The van der Waals surface area contributed by atoms with Crippen molar-refractivity contribution in [1.82, 2.24) is 9.80 Å². The van der Waals surface area contributed by atoms with Crippen LogP contribution in [0, 0.1) is 0 Å². The molecule has 4 rings (SSSR count). The highest BCUT2D eigenvalue weighted by Crippen LogP contribution is 2.27. The molecule has 1 amide bonds. The van der Waals surface area contributed by atoms with Gasteiger partial charge in [0.1, 0.15) is 11.5 Å². The van der Waals surface area contributed by atoms with Gasteiger partial charge in [-0.2, -0.15) is 0 Å². The third-order valence-electron chi connectivity index (χ3n) is 5.12. The van der Waals surface area contributed by atoms with Gasteiger partial charge in [0.2, 0.25) is 0 Å². The Morgan fingerprint density at radius 1 is 1.07 bits per heavy atom. The fourth-order valence-corrected chi connectivity index (χ4v) is 3.72. The maximum atomic E-state index is 13.5. The number of benzene rings is 2. The first kappa shape index (κ1) is 19.2. The molecule has 0 unspecified atom stereocenters. The number of fused-ring (bicyclic) bond motifs is 1. The molecule has 2 heterocycles. The van der Waals surface area contributed by atoms with Gasteiger partial charge in [0, 0.05) is 12.1 Å². The Hall–Kier alpha value is -3.11. The molecular formula is C25H26N2O2. The van der Waals surface area contributed by atoms with Gasteiger partial charge in [0.25, 0.3) is 5.91 Å². The lowest BCUT2D eigenvalue weighted by atomic mass is 9.99. The van der Waals surface area contributed by atoms with E-state index in [4.69, 9.17) is 4.42 Å². The number of hydrogen-bond donors (Lipinski definition) is 0. The highest BCUT2D eigenvalue weighted by molar-refractivity contribution is 6.24. The van der Waals surface area contributed by atoms with Crippen molar-refractivity contribution < 1.29 is 9.21 Å². The van der Waals surface area contributed by atoms with Gasteiger partial charge in [-0.05, 0) is 49.3 Å². The number of hydrogen-bond acceptors (Lipinski definition) is 3. The zero-order valence-electron chi connectivity index (χ0n) is 17.0. The van der Waals surface area contributed by atoms with Crippen LogP contribution in [0.5, 0.6) is 0 Å². The Bertz CT molecular complexity index is 1000. The van der Waals surface area contributed by atoms with E-state index in [9.17, 15) is 4.79 Å². The first-order chi connectivity index (χ1) is 14.1. The summed E-state index contributed by atoms with van der Waals surface area (Å²) in [6.07, 6.45) is 2.80. The van der Waals surface area contributed by atoms with Gasteiger partial charge in [-0.1, -0.05) is 60.7 Å². The zero-order valence-corrected chi connectivity index (χ0v) is 17.0. The summed E-state index contributed by atoms with van der Waals surface area (Å²) in [6, 6.07) is 22.0. The van der Waals surface area contributed by atoms with Crippen molar-refractivity contribution in [1.29, 1.82) is 0 Å². The summed E-state index contributed by atoms with van der Waals surface area (Å²) in [6.45, 7) is 1.98. The molecule has 0 N–H and O–H groups in total. The molecule has 1 aliphatic rings. The SMILES string of the molecule is CN(C)Cc1cc2c(o1)CN(C(=O)/C(=C/c1ccccc1)c1ccccc1)CC2. The number of rotatable bonds is 5. The van der Waals surface area contributed by atoms with Gasteiger partial charge in [-0.25, -0.2) is 0 Å². The molecule has 4 nitrogen and oxygen atoms in total. The smallest absolute Gasteiger partial charge is 0.254 e. The van der Waals surface area contributed by atoms with Crippen molar-refractivity contribution in [2.45, 2.75) is 19.5 Å². The Kier molecular flexibility index (Phi) is 5.63. The summed E-state index contributed by atoms with van der Waals surface area (Å²) >= 11 is 0. The number of carbonyl (C=O) groups excluding carboxylic acids is 1. The molecule has 0 aliphatic carbocycles. The molecule has 4 heteroatoms. The molecule has 0 bridgehead atoms. The second-order valence-corrected chi connectivity index (χ2v) is 7.71. The van der Waals surface area contributed by atoms with E-state index in [0.29, 0.717) is 18.7 Å². The monoisotopic (exact) mass is 386 g/mol. The maximum absolute atomic E-state index is 13.5. The molecule has 0 saturated heterocycles. The molecule has 3 aromatic rings. The van der Waals surface area contributed by atoms with Crippen molar-refractivity contribution in [3.05, 3.63) is 94.9 Å². The predicted octanol–water partition coefficient (Wildman–Crippen LogP) is 4.47. The van der Waals surface area contributed by atoms with E-state index in [-0.39, 0.29) is 5.91 Å². The van der Waals surface area contributed by atoms with Gasteiger partial charge in [0.15, 0.2) is 0 Å². The minimum absolute atomic E-state index is 0.0382. The normalized spacial score (nSPS) is 14.2. The Morgan fingerprint density at radius 3 is 2.45 bits per heavy atom. The van der Waals surface area contributed by atoms with Gasteiger partial charge in [-0.3, -0.25) is 4.79 Å². The number of nitrogens with zero attached hydrogens (tertiary/aromatic N) is 2. The first-order valence-corrected chi connectivity index (χ1v) is 9.97. The van der Waals surface area contributed by atoms with E-state index in [0.717, 1.165) is 35.6 Å². The van der Waals surface area contributed by atoms with Crippen LogP contribution in [0.1, 0.15) is 28.2 Å². The van der Waals surface area contributed by atoms with Crippen LogP contribution in [0.15, 0.2) is 71.1 Å². The summed E-state index contributed by atoms with van der Waals surface area (Å²) in [5, 5.41) is 0. The van der Waals surface area contributed by atoms with Crippen molar-refractivity contribution >= 4 is 17.6 Å². The van der Waals surface area contributed by atoms with Gasteiger partial charge in [-0.15, -0.1) is 0 Å². The van der Waals surface area contributed by atoms with E-state index in [1.54, 1.807) is 0 Å². The van der Waals surface area contributed by atoms with Crippen LogP contribution in [0.4, 0.5) is 0 Å². The molecule has 1 aromatic heterocycles. The summed E-state index contributed by atoms with van der Waals surface area (Å²) in [4.78, 5) is 17.5. The Labute approximate surface area is 172 Å². The summed E-state index contributed by atoms with van der Waals surface area (Å²) in [7, 11) is 4.05.